The molecule has 5 heteroatoms. The lowest BCUT2D eigenvalue weighted by atomic mass is 9.77. The van der Waals surface area contributed by atoms with Crippen LogP contribution < -0.4 is 10.6 Å². The van der Waals surface area contributed by atoms with E-state index in [1.54, 1.807) is 4.90 Å². The number of piperidine rings is 1. The normalized spacial score (nSPS) is 22.7. The topological polar surface area (TPSA) is 64.6 Å². The molecule has 0 unspecified atom stereocenters. The molecule has 5 nitrogen and oxygen atoms in total. The maximum absolute atomic E-state index is 13.0. The van der Waals surface area contributed by atoms with Gasteiger partial charge in [0.2, 0.25) is 5.91 Å². The summed E-state index contributed by atoms with van der Waals surface area (Å²) in [6.07, 6.45) is 3.20. The molecule has 2 fully saturated rings. The zero-order valence-electron chi connectivity index (χ0n) is 14.6. The number of carbonyl (C=O) groups is 1. The van der Waals surface area contributed by atoms with Gasteiger partial charge in [0, 0.05) is 19.6 Å². The summed E-state index contributed by atoms with van der Waals surface area (Å²) in [7, 11) is 0. The van der Waals surface area contributed by atoms with Crippen LogP contribution >= 0.6 is 0 Å². The molecular formula is C19H29N3O2. The van der Waals surface area contributed by atoms with Gasteiger partial charge in [0.15, 0.2) is 0 Å². The Labute approximate surface area is 144 Å². The largest absolute Gasteiger partial charge is 0.395 e. The van der Waals surface area contributed by atoms with Crippen LogP contribution in [0.4, 0.5) is 0 Å². The van der Waals surface area contributed by atoms with E-state index in [9.17, 15) is 9.90 Å². The van der Waals surface area contributed by atoms with Crippen molar-refractivity contribution in [3.63, 3.8) is 0 Å². The van der Waals surface area contributed by atoms with Crippen LogP contribution in [-0.2, 0) is 11.3 Å². The molecule has 2 heterocycles. The molecule has 1 spiro atoms. The predicted molar refractivity (Wildman–Crippen MR) is 94.6 cm³/mol. The Balaban J connectivity index is 1.67. The summed E-state index contributed by atoms with van der Waals surface area (Å²) < 4.78 is 0. The van der Waals surface area contributed by atoms with Crippen molar-refractivity contribution in [3.05, 3.63) is 35.4 Å². The fourth-order valence-electron chi connectivity index (χ4n) is 4.03. The number of nitrogens with zero attached hydrogens (tertiary/aromatic N) is 1. The van der Waals surface area contributed by atoms with Crippen LogP contribution in [0.3, 0.4) is 0 Å². The number of hydrogen-bond acceptors (Lipinski definition) is 4. The maximum atomic E-state index is 13.0. The fraction of sp³-hybridized carbons (Fsp3) is 0.632. The van der Waals surface area contributed by atoms with E-state index in [1.165, 1.54) is 5.56 Å². The minimum Gasteiger partial charge on any atom is -0.395 e. The quantitative estimate of drug-likeness (QED) is 0.755. The van der Waals surface area contributed by atoms with E-state index >= 15 is 0 Å². The molecular weight excluding hydrogens is 302 g/mol. The lowest BCUT2D eigenvalue weighted by Crippen LogP contribution is -2.44. The van der Waals surface area contributed by atoms with Crippen LogP contribution in [0, 0.1) is 12.3 Å². The third-order valence-corrected chi connectivity index (χ3v) is 5.63. The highest BCUT2D eigenvalue weighted by Crippen LogP contribution is 2.37. The van der Waals surface area contributed by atoms with Gasteiger partial charge in [-0.25, -0.2) is 0 Å². The van der Waals surface area contributed by atoms with Gasteiger partial charge >= 0.3 is 0 Å². The van der Waals surface area contributed by atoms with Crippen molar-refractivity contribution in [2.24, 2.45) is 5.41 Å². The van der Waals surface area contributed by atoms with E-state index in [-0.39, 0.29) is 24.0 Å². The zero-order valence-corrected chi connectivity index (χ0v) is 14.6. The van der Waals surface area contributed by atoms with E-state index < -0.39 is 0 Å². The minimum absolute atomic E-state index is 0.000591. The highest BCUT2D eigenvalue weighted by Gasteiger charge is 2.43. The second-order valence-corrected chi connectivity index (χ2v) is 7.30. The number of hydrogen-bond donors (Lipinski definition) is 3. The molecule has 1 amide bonds. The first-order valence-corrected chi connectivity index (χ1v) is 9.02. The molecule has 3 N–H and O–H groups in total. The van der Waals surface area contributed by atoms with E-state index in [4.69, 9.17) is 0 Å². The Morgan fingerprint density at radius 2 is 2.08 bits per heavy atom. The molecule has 0 radical (unpaired) electrons. The number of amides is 1. The van der Waals surface area contributed by atoms with Crippen molar-refractivity contribution >= 4 is 5.91 Å². The molecule has 2 aliphatic heterocycles. The lowest BCUT2D eigenvalue weighted by molar-refractivity contribution is -0.134. The van der Waals surface area contributed by atoms with Crippen LogP contribution in [0.25, 0.3) is 0 Å². The maximum Gasteiger partial charge on any atom is 0.240 e. The number of carbonyl (C=O) groups excluding carboxylic acids is 1. The van der Waals surface area contributed by atoms with Gasteiger partial charge in [0.1, 0.15) is 0 Å². The van der Waals surface area contributed by atoms with Crippen molar-refractivity contribution in [2.75, 3.05) is 32.8 Å². The first kappa shape index (κ1) is 17.4. The number of aliphatic hydroxyl groups excluding tert-OH is 1. The minimum atomic E-state index is -0.112. The molecule has 0 saturated carbocycles. The standard InChI is InChI=1S/C19H29N3O2/c1-15-4-2-3-5-16(15)13-22(10-11-23)18(24)17-12-19(14-21-17)6-8-20-9-7-19/h2-5,17,20-21,23H,6-14H2,1H3/t17-/m1/s1. The Morgan fingerprint density at radius 3 is 2.79 bits per heavy atom. The van der Waals surface area contributed by atoms with E-state index in [0.717, 1.165) is 44.5 Å². The zero-order chi connectivity index (χ0) is 17.0. The average molecular weight is 331 g/mol. The molecule has 1 aromatic rings. The number of benzene rings is 1. The van der Waals surface area contributed by atoms with Crippen molar-refractivity contribution in [3.8, 4) is 0 Å². The summed E-state index contributed by atoms with van der Waals surface area (Å²) >= 11 is 0. The van der Waals surface area contributed by atoms with Crippen LogP contribution in [0.15, 0.2) is 24.3 Å². The second kappa shape index (κ2) is 7.64. The molecule has 0 aromatic heterocycles. The Morgan fingerprint density at radius 1 is 1.33 bits per heavy atom. The molecule has 2 aliphatic rings. The van der Waals surface area contributed by atoms with Crippen LogP contribution in [0.5, 0.6) is 0 Å². The molecule has 3 rings (SSSR count). The lowest BCUT2D eigenvalue weighted by Gasteiger charge is -2.33. The smallest absolute Gasteiger partial charge is 0.240 e. The molecule has 1 atom stereocenters. The summed E-state index contributed by atoms with van der Waals surface area (Å²) in [5.74, 6) is 0.128. The van der Waals surface area contributed by atoms with Gasteiger partial charge < -0.3 is 20.6 Å². The van der Waals surface area contributed by atoms with E-state index in [0.29, 0.717) is 13.1 Å². The fourth-order valence-corrected chi connectivity index (χ4v) is 4.03. The molecule has 0 aliphatic carbocycles. The summed E-state index contributed by atoms with van der Waals surface area (Å²) in [5, 5.41) is 16.3. The van der Waals surface area contributed by atoms with E-state index in [1.807, 2.05) is 12.1 Å². The highest BCUT2D eigenvalue weighted by molar-refractivity contribution is 5.82. The summed E-state index contributed by atoms with van der Waals surface area (Å²) in [5.41, 5.74) is 2.61. The van der Waals surface area contributed by atoms with Gasteiger partial charge in [0.25, 0.3) is 0 Å². The summed E-state index contributed by atoms with van der Waals surface area (Å²) in [6, 6.07) is 8.02. The Kier molecular flexibility index (Phi) is 5.54. The molecule has 1 aromatic carbocycles. The van der Waals surface area contributed by atoms with Gasteiger partial charge in [-0.15, -0.1) is 0 Å². The van der Waals surface area contributed by atoms with Crippen LogP contribution in [-0.4, -0.2) is 54.7 Å². The van der Waals surface area contributed by atoms with Crippen molar-refractivity contribution < 1.29 is 9.90 Å². The summed E-state index contributed by atoms with van der Waals surface area (Å²) in [6.45, 7) is 6.05. The number of aliphatic hydroxyl groups is 1. The number of nitrogens with one attached hydrogen (secondary N) is 2. The third kappa shape index (κ3) is 3.79. The summed E-state index contributed by atoms with van der Waals surface area (Å²) in [4.78, 5) is 14.8. The molecule has 0 bridgehead atoms. The van der Waals surface area contributed by atoms with Crippen LogP contribution in [0.2, 0.25) is 0 Å². The molecule has 24 heavy (non-hydrogen) atoms. The monoisotopic (exact) mass is 331 g/mol. The third-order valence-electron chi connectivity index (χ3n) is 5.63. The average Bonchev–Trinajstić information content (AvgIpc) is 3.00. The molecule has 132 valence electrons. The first-order valence-electron chi connectivity index (χ1n) is 9.02. The predicted octanol–water partition coefficient (Wildman–Crippen LogP) is 1.05. The van der Waals surface area contributed by atoms with Gasteiger partial charge in [-0.1, -0.05) is 24.3 Å². The SMILES string of the molecule is Cc1ccccc1CN(CCO)C(=O)[C@H]1CC2(CCNCC2)CN1. The van der Waals surface area contributed by atoms with Gasteiger partial charge in [0.05, 0.1) is 12.6 Å². The Bertz CT molecular complexity index is 569. The van der Waals surface area contributed by atoms with Crippen molar-refractivity contribution in [1.82, 2.24) is 15.5 Å². The second-order valence-electron chi connectivity index (χ2n) is 7.30. The Hall–Kier alpha value is -1.43. The van der Waals surface area contributed by atoms with Crippen molar-refractivity contribution in [2.45, 2.75) is 38.8 Å². The first-order chi connectivity index (χ1) is 11.6. The van der Waals surface area contributed by atoms with E-state index in [2.05, 4.69) is 29.7 Å². The van der Waals surface area contributed by atoms with Gasteiger partial charge in [-0.3, -0.25) is 4.79 Å². The van der Waals surface area contributed by atoms with Crippen molar-refractivity contribution in [1.29, 1.82) is 0 Å². The molecule has 2 saturated heterocycles. The van der Waals surface area contributed by atoms with Gasteiger partial charge in [-0.05, 0) is 55.8 Å². The van der Waals surface area contributed by atoms with Gasteiger partial charge in [-0.2, -0.15) is 0 Å². The van der Waals surface area contributed by atoms with Crippen LogP contribution in [0.1, 0.15) is 30.4 Å². The number of aryl methyl sites for hydroxylation is 1. The number of rotatable bonds is 5. The highest BCUT2D eigenvalue weighted by atomic mass is 16.3.